The number of hydrogen-bond acceptors (Lipinski definition) is 1. The average molecular weight is 301 g/mol. The maximum Gasteiger partial charge on any atom is 0.420 e. The second kappa shape index (κ2) is 4.61. The summed E-state index contributed by atoms with van der Waals surface area (Å²) in [5.41, 5.74) is -1.12. The molecule has 0 N–H and O–H groups in total. The summed E-state index contributed by atoms with van der Waals surface area (Å²) < 4.78 is 55.6. The quantitative estimate of drug-likeness (QED) is 0.736. The Balaban J connectivity index is 3.33. The molecule has 0 atom stereocenters. The van der Waals surface area contributed by atoms with Gasteiger partial charge in [0.15, 0.2) is 0 Å². The monoisotopic (exact) mass is 300 g/mol. The van der Waals surface area contributed by atoms with Gasteiger partial charge in [-0.05, 0) is 41.9 Å². The van der Waals surface area contributed by atoms with Gasteiger partial charge in [-0.25, -0.2) is 4.39 Å². The molecule has 6 heteroatoms. The fourth-order valence-corrected chi connectivity index (χ4v) is 1.65. The lowest BCUT2D eigenvalue weighted by molar-refractivity contribution is -0.139. The summed E-state index contributed by atoms with van der Waals surface area (Å²) >= 11 is 2.85. The molecule has 0 amide bonds. The number of benzene rings is 1. The van der Waals surface area contributed by atoms with E-state index < -0.39 is 23.7 Å². The lowest BCUT2D eigenvalue weighted by atomic mass is 10.2. The van der Waals surface area contributed by atoms with Gasteiger partial charge in [0.1, 0.15) is 17.1 Å². The van der Waals surface area contributed by atoms with Crippen LogP contribution in [0.25, 0.3) is 0 Å². The predicted molar refractivity (Wildman–Crippen MR) is 54.9 cm³/mol. The smallest absolute Gasteiger partial charge is 0.420 e. The lowest BCUT2D eigenvalue weighted by Crippen LogP contribution is -2.13. The normalized spacial score (nSPS) is 12.0. The molecule has 90 valence electrons. The largest absolute Gasteiger partial charge is 0.489 e. The van der Waals surface area contributed by atoms with Crippen LogP contribution in [0.5, 0.6) is 5.75 Å². The highest BCUT2D eigenvalue weighted by Gasteiger charge is 2.36. The summed E-state index contributed by atoms with van der Waals surface area (Å²) in [7, 11) is 0. The lowest BCUT2D eigenvalue weighted by Gasteiger charge is -2.17. The Morgan fingerprint density at radius 3 is 2.25 bits per heavy atom. The van der Waals surface area contributed by atoms with Crippen molar-refractivity contribution in [3.8, 4) is 5.75 Å². The second-order valence-corrected chi connectivity index (χ2v) is 4.28. The first-order chi connectivity index (χ1) is 7.21. The second-order valence-electron chi connectivity index (χ2n) is 3.43. The van der Waals surface area contributed by atoms with Crippen LogP contribution in [0.15, 0.2) is 16.6 Å². The molecule has 0 aliphatic rings. The molecule has 0 aliphatic carbocycles. The predicted octanol–water partition coefficient (Wildman–Crippen LogP) is 4.39. The van der Waals surface area contributed by atoms with Crippen molar-refractivity contribution in [1.82, 2.24) is 0 Å². The van der Waals surface area contributed by atoms with Crippen molar-refractivity contribution < 1.29 is 22.3 Å². The Labute approximate surface area is 98.5 Å². The van der Waals surface area contributed by atoms with E-state index in [0.717, 1.165) is 6.07 Å². The van der Waals surface area contributed by atoms with Gasteiger partial charge in [-0.1, -0.05) is 0 Å². The number of rotatable bonds is 2. The summed E-state index contributed by atoms with van der Waals surface area (Å²) in [6.07, 6.45) is -5.07. The summed E-state index contributed by atoms with van der Waals surface area (Å²) in [6.45, 7) is 3.19. The maximum atomic E-state index is 12.9. The third-order valence-corrected chi connectivity index (χ3v) is 2.26. The average Bonchev–Trinajstić information content (AvgIpc) is 2.06. The third kappa shape index (κ3) is 3.10. The SMILES string of the molecule is CC(C)Oc1c(Br)cc(F)cc1C(F)(F)F. The van der Waals surface area contributed by atoms with E-state index in [1.807, 2.05) is 0 Å². The summed E-state index contributed by atoms with van der Waals surface area (Å²) in [4.78, 5) is 0. The Kier molecular flexibility index (Phi) is 3.83. The van der Waals surface area contributed by atoms with E-state index in [9.17, 15) is 17.6 Å². The molecule has 16 heavy (non-hydrogen) atoms. The molecule has 0 unspecified atom stereocenters. The highest BCUT2D eigenvalue weighted by atomic mass is 79.9. The Bertz CT molecular complexity index is 387. The van der Waals surface area contributed by atoms with Crippen molar-refractivity contribution in [2.75, 3.05) is 0 Å². The van der Waals surface area contributed by atoms with Gasteiger partial charge in [-0.15, -0.1) is 0 Å². The van der Waals surface area contributed by atoms with E-state index >= 15 is 0 Å². The molecular weight excluding hydrogens is 292 g/mol. The van der Waals surface area contributed by atoms with E-state index in [1.165, 1.54) is 0 Å². The van der Waals surface area contributed by atoms with Crippen LogP contribution in [0.2, 0.25) is 0 Å². The van der Waals surface area contributed by atoms with Gasteiger partial charge in [-0.3, -0.25) is 0 Å². The van der Waals surface area contributed by atoms with Gasteiger partial charge in [-0.2, -0.15) is 13.2 Å². The van der Waals surface area contributed by atoms with Crippen molar-refractivity contribution >= 4 is 15.9 Å². The molecule has 0 saturated heterocycles. The zero-order valence-corrected chi connectivity index (χ0v) is 10.1. The number of hydrogen-bond donors (Lipinski definition) is 0. The molecule has 0 bridgehead atoms. The van der Waals surface area contributed by atoms with Gasteiger partial charge in [0.25, 0.3) is 0 Å². The maximum absolute atomic E-state index is 12.9. The topological polar surface area (TPSA) is 9.23 Å². The van der Waals surface area contributed by atoms with Gasteiger partial charge >= 0.3 is 6.18 Å². The molecule has 0 heterocycles. The zero-order chi connectivity index (χ0) is 12.5. The minimum atomic E-state index is -4.64. The van der Waals surface area contributed by atoms with Crippen LogP contribution in [0.3, 0.4) is 0 Å². The van der Waals surface area contributed by atoms with Gasteiger partial charge < -0.3 is 4.74 Å². The highest BCUT2D eigenvalue weighted by molar-refractivity contribution is 9.10. The van der Waals surface area contributed by atoms with E-state index in [4.69, 9.17) is 4.74 Å². The molecule has 0 saturated carbocycles. The van der Waals surface area contributed by atoms with Crippen LogP contribution in [-0.4, -0.2) is 6.10 Å². The first-order valence-corrected chi connectivity index (χ1v) is 5.24. The molecule has 0 aromatic heterocycles. The van der Waals surface area contributed by atoms with Crippen LogP contribution in [0.4, 0.5) is 17.6 Å². The number of alkyl halides is 3. The number of halogens is 5. The standard InChI is InChI=1S/C10H9BrF4O/c1-5(2)16-9-7(10(13,14)15)3-6(12)4-8(9)11/h3-5H,1-2H3. The fraction of sp³-hybridized carbons (Fsp3) is 0.400. The van der Waals surface area contributed by atoms with Crippen LogP contribution in [0, 0.1) is 5.82 Å². The van der Waals surface area contributed by atoms with Crippen LogP contribution < -0.4 is 4.74 Å². The van der Waals surface area contributed by atoms with Crippen molar-refractivity contribution in [1.29, 1.82) is 0 Å². The van der Waals surface area contributed by atoms with Crippen LogP contribution in [-0.2, 0) is 6.18 Å². The highest BCUT2D eigenvalue weighted by Crippen LogP contribution is 2.41. The summed E-state index contributed by atoms with van der Waals surface area (Å²) in [5, 5.41) is 0. The molecule has 1 aromatic carbocycles. The van der Waals surface area contributed by atoms with Crippen molar-refractivity contribution in [2.24, 2.45) is 0 Å². The molecule has 0 fully saturated rings. The molecular formula is C10H9BrF4O. The van der Waals surface area contributed by atoms with Gasteiger partial charge in [0.05, 0.1) is 10.6 Å². The van der Waals surface area contributed by atoms with Crippen molar-refractivity contribution in [3.05, 3.63) is 28.0 Å². The van der Waals surface area contributed by atoms with E-state index in [2.05, 4.69) is 15.9 Å². The van der Waals surface area contributed by atoms with Crippen molar-refractivity contribution in [3.63, 3.8) is 0 Å². The van der Waals surface area contributed by atoms with E-state index in [0.29, 0.717) is 6.07 Å². The Morgan fingerprint density at radius 1 is 1.25 bits per heavy atom. The zero-order valence-electron chi connectivity index (χ0n) is 8.53. The molecule has 0 spiro atoms. The molecule has 0 aliphatic heterocycles. The first-order valence-electron chi connectivity index (χ1n) is 4.44. The van der Waals surface area contributed by atoms with Crippen LogP contribution >= 0.6 is 15.9 Å². The number of ether oxygens (including phenoxy) is 1. The first kappa shape index (κ1) is 13.3. The molecule has 1 nitrogen and oxygen atoms in total. The minimum absolute atomic E-state index is 0.0477. The molecule has 1 aromatic rings. The third-order valence-electron chi connectivity index (χ3n) is 1.67. The van der Waals surface area contributed by atoms with Crippen LogP contribution in [0.1, 0.15) is 19.4 Å². The Hall–Kier alpha value is -0.780. The molecule has 0 radical (unpaired) electrons. The minimum Gasteiger partial charge on any atom is -0.489 e. The van der Waals surface area contributed by atoms with E-state index in [-0.39, 0.29) is 10.2 Å². The fourth-order valence-electron chi connectivity index (χ4n) is 1.13. The molecule has 1 rings (SSSR count). The van der Waals surface area contributed by atoms with E-state index in [1.54, 1.807) is 13.8 Å². The van der Waals surface area contributed by atoms with Gasteiger partial charge in [0.2, 0.25) is 0 Å². The summed E-state index contributed by atoms with van der Waals surface area (Å²) in [6, 6.07) is 1.36. The Morgan fingerprint density at radius 2 is 1.81 bits per heavy atom. The van der Waals surface area contributed by atoms with Gasteiger partial charge in [0, 0.05) is 0 Å². The summed E-state index contributed by atoms with van der Waals surface area (Å²) in [5.74, 6) is -1.35. The van der Waals surface area contributed by atoms with Crippen molar-refractivity contribution in [2.45, 2.75) is 26.1 Å².